The molecule has 1 aliphatic rings. The summed E-state index contributed by atoms with van der Waals surface area (Å²) in [4.78, 5) is 2.73. The summed E-state index contributed by atoms with van der Waals surface area (Å²) in [6.45, 7) is 10.2. The monoisotopic (exact) mass is 465 g/mol. The molecule has 0 radical (unpaired) electrons. The maximum Gasteiger partial charge on any atom is 0.243 e. The minimum absolute atomic E-state index is 0.277. The number of hydrogen-bond donors (Lipinski definition) is 1. The highest BCUT2D eigenvalue weighted by atomic mass is 32.2. The maximum absolute atomic E-state index is 13.0. The van der Waals surface area contributed by atoms with Crippen LogP contribution in [0.3, 0.4) is 0 Å². The largest absolute Gasteiger partial charge is 0.299 e. The summed E-state index contributed by atoms with van der Waals surface area (Å²) in [5.74, 6) is 0. The molecular weight excluding hydrogens is 434 g/mol. The summed E-state index contributed by atoms with van der Waals surface area (Å²) >= 11 is 0. The van der Waals surface area contributed by atoms with Crippen molar-refractivity contribution in [3.63, 3.8) is 0 Å². The topological polar surface area (TPSA) is 86.8 Å². The summed E-state index contributed by atoms with van der Waals surface area (Å²) in [7, 11) is -7.10. The van der Waals surface area contributed by atoms with Crippen molar-refractivity contribution >= 4 is 20.0 Å². The first kappa shape index (κ1) is 23.9. The van der Waals surface area contributed by atoms with Gasteiger partial charge in [-0.25, -0.2) is 21.6 Å². The predicted octanol–water partition coefficient (Wildman–Crippen LogP) is 2.21. The molecule has 2 aromatic rings. The van der Waals surface area contributed by atoms with Gasteiger partial charge in [-0.1, -0.05) is 35.4 Å². The second-order valence-electron chi connectivity index (χ2n) is 8.18. The molecule has 31 heavy (non-hydrogen) atoms. The average molecular weight is 466 g/mol. The standard InChI is InChI=1S/C22H31N3O4S2/c1-17-5-7-21(19(3)15-17)30(26,27)23-9-10-24-11-13-25(14-12-24)31(28,29)22-8-6-18(2)16-20(22)4/h5-8,15-16,23H,9-14H2,1-4H3. The van der Waals surface area contributed by atoms with Crippen LogP contribution in [-0.4, -0.2) is 65.3 Å². The van der Waals surface area contributed by atoms with E-state index < -0.39 is 20.0 Å². The van der Waals surface area contributed by atoms with E-state index >= 15 is 0 Å². The fourth-order valence-corrected chi connectivity index (χ4v) is 6.81. The molecule has 1 aliphatic heterocycles. The van der Waals surface area contributed by atoms with Gasteiger partial charge in [0, 0.05) is 39.3 Å². The van der Waals surface area contributed by atoms with Gasteiger partial charge in [-0.15, -0.1) is 0 Å². The molecule has 1 N–H and O–H groups in total. The van der Waals surface area contributed by atoms with Crippen molar-refractivity contribution in [2.75, 3.05) is 39.3 Å². The van der Waals surface area contributed by atoms with Gasteiger partial charge >= 0.3 is 0 Å². The zero-order valence-electron chi connectivity index (χ0n) is 18.6. The van der Waals surface area contributed by atoms with E-state index in [1.54, 1.807) is 25.1 Å². The van der Waals surface area contributed by atoms with E-state index in [2.05, 4.69) is 9.62 Å². The van der Waals surface area contributed by atoms with E-state index in [0.717, 1.165) is 22.3 Å². The Bertz CT molecular complexity index is 1150. The number of rotatable bonds is 7. The van der Waals surface area contributed by atoms with Crippen LogP contribution in [0.2, 0.25) is 0 Å². The number of hydrogen-bond acceptors (Lipinski definition) is 5. The molecule has 0 aromatic heterocycles. The van der Waals surface area contributed by atoms with Crippen molar-refractivity contribution in [2.45, 2.75) is 37.5 Å². The third kappa shape index (κ3) is 5.53. The first-order valence-electron chi connectivity index (χ1n) is 10.4. The van der Waals surface area contributed by atoms with Gasteiger partial charge in [-0.3, -0.25) is 4.90 Å². The van der Waals surface area contributed by atoms with Crippen LogP contribution in [0.15, 0.2) is 46.2 Å². The number of nitrogens with zero attached hydrogens (tertiary/aromatic N) is 2. The Morgan fingerprint density at radius 1 is 0.774 bits per heavy atom. The molecule has 1 heterocycles. The minimum Gasteiger partial charge on any atom is -0.299 e. The normalized spacial score (nSPS) is 16.5. The first-order chi connectivity index (χ1) is 14.5. The fraction of sp³-hybridized carbons (Fsp3) is 0.455. The molecule has 0 bridgehead atoms. The van der Waals surface area contributed by atoms with Gasteiger partial charge in [-0.2, -0.15) is 4.31 Å². The SMILES string of the molecule is Cc1ccc(S(=O)(=O)NCCN2CCN(S(=O)(=O)c3ccc(C)cc3C)CC2)c(C)c1. The third-order valence-electron chi connectivity index (χ3n) is 5.62. The van der Waals surface area contributed by atoms with Crippen LogP contribution in [0.4, 0.5) is 0 Å². The van der Waals surface area contributed by atoms with Gasteiger partial charge in [0.1, 0.15) is 0 Å². The highest BCUT2D eigenvalue weighted by Gasteiger charge is 2.29. The molecular formula is C22H31N3O4S2. The first-order valence-corrected chi connectivity index (χ1v) is 13.3. The number of aryl methyl sites for hydroxylation is 4. The third-order valence-corrected chi connectivity index (χ3v) is 9.30. The van der Waals surface area contributed by atoms with Crippen LogP contribution < -0.4 is 4.72 Å². The smallest absolute Gasteiger partial charge is 0.243 e. The average Bonchev–Trinajstić information content (AvgIpc) is 2.67. The second-order valence-corrected chi connectivity index (χ2v) is 11.8. The van der Waals surface area contributed by atoms with E-state index in [-0.39, 0.29) is 6.54 Å². The summed E-state index contributed by atoms with van der Waals surface area (Å²) in [6, 6.07) is 10.6. The predicted molar refractivity (Wildman–Crippen MR) is 122 cm³/mol. The molecule has 0 aliphatic carbocycles. The highest BCUT2D eigenvalue weighted by Crippen LogP contribution is 2.22. The lowest BCUT2D eigenvalue weighted by Crippen LogP contribution is -2.50. The second kappa shape index (κ2) is 9.38. The summed E-state index contributed by atoms with van der Waals surface area (Å²) in [6.07, 6.45) is 0. The minimum atomic E-state index is -3.57. The van der Waals surface area contributed by atoms with Crippen molar-refractivity contribution in [2.24, 2.45) is 0 Å². The van der Waals surface area contributed by atoms with Crippen LogP contribution in [0, 0.1) is 27.7 Å². The zero-order chi connectivity index (χ0) is 22.8. The van der Waals surface area contributed by atoms with Crippen molar-refractivity contribution in [1.82, 2.24) is 13.9 Å². The van der Waals surface area contributed by atoms with Crippen LogP contribution in [-0.2, 0) is 20.0 Å². The Labute approximate surface area is 186 Å². The Kier molecular flexibility index (Phi) is 7.22. The summed E-state index contributed by atoms with van der Waals surface area (Å²) < 4.78 is 55.3. The molecule has 1 saturated heterocycles. The van der Waals surface area contributed by atoms with Gasteiger partial charge in [0.05, 0.1) is 9.79 Å². The maximum atomic E-state index is 13.0. The van der Waals surface area contributed by atoms with Crippen LogP contribution in [0.5, 0.6) is 0 Å². The highest BCUT2D eigenvalue weighted by molar-refractivity contribution is 7.89. The molecule has 2 aromatic carbocycles. The van der Waals surface area contributed by atoms with Crippen LogP contribution >= 0.6 is 0 Å². The molecule has 0 spiro atoms. The van der Waals surface area contributed by atoms with Gasteiger partial charge in [0.15, 0.2) is 0 Å². The van der Waals surface area contributed by atoms with E-state index in [0.29, 0.717) is 42.5 Å². The summed E-state index contributed by atoms with van der Waals surface area (Å²) in [5, 5.41) is 0. The molecule has 0 atom stereocenters. The van der Waals surface area contributed by atoms with Gasteiger partial charge < -0.3 is 0 Å². The van der Waals surface area contributed by atoms with E-state index in [4.69, 9.17) is 0 Å². The lowest BCUT2D eigenvalue weighted by atomic mass is 10.2. The summed E-state index contributed by atoms with van der Waals surface area (Å²) in [5.41, 5.74) is 3.52. The Morgan fingerprint density at radius 3 is 1.81 bits per heavy atom. The number of piperazine rings is 1. The van der Waals surface area contributed by atoms with Crippen molar-refractivity contribution in [3.05, 3.63) is 58.7 Å². The molecule has 3 rings (SSSR count). The number of benzene rings is 2. The van der Waals surface area contributed by atoms with Crippen molar-refractivity contribution in [3.8, 4) is 0 Å². The number of sulfonamides is 2. The van der Waals surface area contributed by atoms with Crippen LogP contribution in [0.1, 0.15) is 22.3 Å². The molecule has 170 valence electrons. The molecule has 0 saturated carbocycles. The lowest BCUT2D eigenvalue weighted by Gasteiger charge is -2.34. The Balaban J connectivity index is 1.54. The van der Waals surface area contributed by atoms with Gasteiger partial charge in [0.25, 0.3) is 0 Å². The molecule has 0 unspecified atom stereocenters. The van der Waals surface area contributed by atoms with E-state index in [1.165, 1.54) is 4.31 Å². The van der Waals surface area contributed by atoms with Crippen LogP contribution in [0.25, 0.3) is 0 Å². The van der Waals surface area contributed by atoms with Crippen molar-refractivity contribution in [1.29, 1.82) is 0 Å². The van der Waals surface area contributed by atoms with Gasteiger partial charge in [-0.05, 0) is 51.0 Å². The number of nitrogens with one attached hydrogen (secondary N) is 1. The van der Waals surface area contributed by atoms with Crippen molar-refractivity contribution < 1.29 is 16.8 Å². The van der Waals surface area contributed by atoms with E-state index in [9.17, 15) is 16.8 Å². The molecule has 1 fully saturated rings. The Morgan fingerprint density at radius 2 is 1.29 bits per heavy atom. The Hall–Kier alpha value is -1.78. The molecule has 0 amide bonds. The van der Waals surface area contributed by atoms with Gasteiger partial charge in [0.2, 0.25) is 20.0 Å². The zero-order valence-corrected chi connectivity index (χ0v) is 20.2. The molecule has 9 heteroatoms. The molecule has 7 nitrogen and oxygen atoms in total. The quantitative estimate of drug-likeness (QED) is 0.678. The fourth-order valence-electron chi connectivity index (χ4n) is 3.94. The van der Waals surface area contributed by atoms with E-state index in [1.807, 2.05) is 39.0 Å². The lowest BCUT2D eigenvalue weighted by molar-refractivity contribution is 0.191.